The Hall–Kier alpha value is -1.94. The first-order valence-electron chi connectivity index (χ1n) is 20.2. The summed E-state index contributed by atoms with van der Waals surface area (Å²) in [7, 11) is 4.21. The summed E-state index contributed by atoms with van der Waals surface area (Å²) in [4.78, 5) is 28.7. The van der Waals surface area contributed by atoms with Crippen molar-refractivity contribution in [1.29, 1.82) is 0 Å². The highest BCUT2D eigenvalue weighted by molar-refractivity contribution is 5.69. The molecule has 0 atom stereocenters. The number of carbonyl (C=O) groups is 2. The molecule has 0 saturated carbocycles. The Morgan fingerprint density at radius 2 is 0.863 bits per heavy atom. The molecule has 6 nitrogen and oxygen atoms in total. The number of nitrogens with zero attached hydrogens (tertiary/aromatic N) is 2. The molecule has 0 N–H and O–H groups in total. The summed E-state index contributed by atoms with van der Waals surface area (Å²) < 4.78 is 65.2. The molecule has 0 aliphatic rings. The minimum Gasteiger partial charge on any atom is -0.461 e. The Morgan fingerprint density at radius 3 is 1.25 bits per heavy atom. The molecule has 10 heteroatoms. The molecule has 300 valence electrons. The highest BCUT2D eigenvalue weighted by atomic mass is 19.3. The Morgan fingerprint density at radius 1 is 0.510 bits per heavy atom. The van der Waals surface area contributed by atoms with Crippen LogP contribution in [-0.2, 0) is 19.1 Å². The van der Waals surface area contributed by atoms with E-state index in [9.17, 15) is 27.2 Å². The van der Waals surface area contributed by atoms with Gasteiger partial charge in [-0.2, -0.15) is 0 Å². The number of halogens is 4. The lowest BCUT2D eigenvalue weighted by molar-refractivity contribution is -0.143. The normalized spacial score (nSPS) is 12.6. The molecule has 0 spiro atoms. The van der Waals surface area contributed by atoms with Crippen molar-refractivity contribution in [2.75, 3.05) is 53.5 Å². The van der Waals surface area contributed by atoms with Gasteiger partial charge in [0.25, 0.3) is 11.8 Å². The molecule has 0 aromatic rings. The first-order valence-corrected chi connectivity index (χ1v) is 20.2. The summed E-state index contributed by atoms with van der Waals surface area (Å²) >= 11 is 0. The predicted octanol–water partition coefficient (Wildman–Crippen LogP) is 11.3. The first kappa shape index (κ1) is 49.1. The van der Waals surface area contributed by atoms with Crippen molar-refractivity contribution >= 4 is 11.9 Å². The van der Waals surface area contributed by atoms with Gasteiger partial charge in [0, 0.05) is 25.7 Å². The second kappa shape index (κ2) is 32.7. The van der Waals surface area contributed by atoms with E-state index < -0.39 is 11.8 Å². The van der Waals surface area contributed by atoms with E-state index in [0.717, 1.165) is 128 Å². The Kier molecular flexibility index (Phi) is 31.4. The van der Waals surface area contributed by atoms with Gasteiger partial charge < -0.3 is 19.3 Å². The minimum absolute atomic E-state index is 0.104. The zero-order chi connectivity index (χ0) is 38.1. The number of unbranched alkanes of at least 4 members (excludes halogenated alkanes) is 14. The van der Waals surface area contributed by atoms with Crippen molar-refractivity contribution in [3.05, 3.63) is 24.3 Å². The summed E-state index contributed by atoms with van der Waals surface area (Å²) in [5.41, 5.74) is 0. The third-order valence-electron chi connectivity index (χ3n) is 8.92. The Balaban J connectivity index is 4.17. The average Bonchev–Trinajstić information content (AvgIpc) is 3.07. The number of hydrogen-bond acceptors (Lipinski definition) is 6. The van der Waals surface area contributed by atoms with Crippen LogP contribution in [0.4, 0.5) is 17.6 Å². The zero-order valence-electron chi connectivity index (χ0n) is 32.9. The summed E-state index contributed by atoms with van der Waals surface area (Å²) in [6.07, 6.45) is 22.4. The molecule has 0 radical (unpaired) electrons. The number of ether oxygens (including phenoxy) is 2. The molecule has 0 unspecified atom stereocenters. The molecule has 0 fully saturated rings. The molecule has 0 aromatic heterocycles. The van der Waals surface area contributed by atoms with E-state index in [2.05, 4.69) is 23.9 Å². The van der Waals surface area contributed by atoms with Crippen LogP contribution in [0.1, 0.15) is 162 Å². The third-order valence-corrected chi connectivity index (χ3v) is 8.92. The van der Waals surface area contributed by atoms with Gasteiger partial charge >= 0.3 is 11.9 Å². The molecule has 0 heterocycles. The molecule has 0 aliphatic carbocycles. The zero-order valence-corrected chi connectivity index (χ0v) is 32.9. The fourth-order valence-electron chi connectivity index (χ4n) is 5.80. The first-order chi connectivity index (χ1) is 24.4. The van der Waals surface area contributed by atoms with E-state index in [1.54, 1.807) is 0 Å². The van der Waals surface area contributed by atoms with Crippen LogP contribution in [0.2, 0.25) is 0 Å². The fraction of sp³-hybridized carbons (Fsp3) is 0.854. The van der Waals surface area contributed by atoms with Crippen molar-refractivity contribution in [3.8, 4) is 0 Å². The van der Waals surface area contributed by atoms with Crippen LogP contribution in [0, 0.1) is 0 Å². The van der Waals surface area contributed by atoms with Crippen LogP contribution >= 0.6 is 0 Å². The van der Waals surface area contributed by atoms with Crippen LogP contribution in [-0.4, -0.2) is 87.1 Å². The average molecular weight is 735 g/mol. The number of alkyl halides is 4. The molecule has 0 bridgehead atoms. The monoisotopic (exact) mass is 735 g/mol. The maximum Gasteiger partial charge on any atom is 0.306 e. The number of carbonyl (C=O) groups excluding carboxylic acids is 2. The second-order valence-corrected chi connectivity index (χ2v) is 14.3. The fourth-order valence-corrected chi connectivity index (χ4v) is 5.80. The van der Waals surface area contributed by atoms with Crippen LogP contribution in [0.5, 0.6) is 0 Å². The molecule has 51 heavy (non-hydrogen) atoms. The molecular formula is C41H74F4N2O4. The molecular weight excluding hydrogens is 660 g/mol. The minimum atomic E-state index is -2.84. The van der Waals surface area contributed by atoms with Crippen LogP contribution in [0.15, 0.2) is 24.3 Å². The van der Waals surface area contributed by atoms with Gasteiger partial charge in [-0.3, -0.25) is 9.59 Å². The van der Waals surface area contributed by atoms with E-state index in [0.29, 0.717) is 25.7 Å². The van der Waals surface area contributed by atoms with Gasteiger partial charge in [-0.25, -0.2) is 17.6 Å². The maximum absolute atomic E-state index is 13.8. The smallest absolute Gasteiger partial charge is 0.306 e. The van der Waals surface area contributed by atoms with Crippen molar-refractivity contribution in [2.24, 2.45) is 0 Å². The lowest BCUT2D eigenvalue weighted by Crippen LogP contribution is -2.27. The lowest BCUT2D eigenvalue weighted by Gasteiger charge is -2.22. The van der Waals surface area contributed by atoms with E-state index in [1.807, 2.05) is 13.8 Å². The summed E-state index contributed by atoms with van der Waals surface area (Å²) in [5, 5.41) is 0. The Bertz CT molecular complexity index is 837. The molecule has 0 aromatic carbocycles. The van der Waals surface area contributed by atoms with E-state index in [4.69, 9.17) is 9.47 Å². The molecule has 0 amide bonds. The van der Waals surface area contributed by atoms with E-state index in [1.165, 1.54) is 31.4 Å². The maximum atomic E-state index is 13.8. The molecule has 0 rings (SSSR count). The second-order valence-electron chi connectivity index (χ2n) is 14.3. The van der Waals surface area contributed by atoms with Crippen molar-refractivity contribution in [3.63, 3.8) is 0 Å². The van der Waals surface area contributed by atoms with E-state index >= 15 is 0 Å². The number of rotatable bonds is 36. The van der Waals surface area contributed by atoms with Crippen LogP contribution in [0.3, 0.4) is 0 Å². The van der Waals surface area contributed by atoms with Gasteiger partial charge in [-0.05, 0) is 116 Å². The summed E-state index contributed by atoms with van der Waals surface area (Å²) in [6, 6.07) is 0. The van der Waals surface area contributed by atoms with Gasteiger partial charge in [-0.1, -0.05) is 84.5 Å². The largest absolute Gasteiger partial charge is 0.461 e. The number of esters is 2. The standard InChI is InChI=1S/C41H74F4N2O4/c1-5-7-18-28-40(42,43)30-24-36-50-38(48)26-16-11-9-13-21-33-47(35-23-15-20-32-46(3)4)34-22-14-10-12-17-27-39(49)51-37-25-31-41(44,45)29-19-8-6-2/h24-25,30-31H,5-23,26-29,32-37H2,1-4H3. The highest BCUT2D eigenvalue weighted by Gasteiger charge is 2.24. The van der Waals surface area contributed by atoms with Crippen molar-refractivity contribution in [2.45, 2.75) is 173 Å². The van der Waals surface area contributed by atoms with Gasteiger partial charge in [0.1, 0.15) is 13.2 Å². The lowest BCUT2D eigenvalue weighted by atomic mass is 10.1. The van der Waals surface area contributed by atoms with Gasteiger partial charge in [0.05, 0.1) is 0 Å². The van der Waals surface area contributed by atoms with Gasteiger partial charge in [0.2, 0.25) is 0 Å². The van der Waals surface area contributed by atoms with Crippen LogP contribution in [0.25, 0.3) is 0 Å². The molecule has 0 saturated heterocycles. The third kappa shape index (κ3) is 34.9. The quantitative estimate of drug-likeness (QED) is 0.0276. The molecule has 0 aliphatic heterocycles. The topological polar surface area (TPSA) is 59.1 Å². The summed E-state index contributed by atoms with van der Waals surface area (Å²) in [5.74, 6) is -6.35. The SMILES string of the molecule is CCCCCC(F)(F)C=CCOC(=O)CCCCCCCN(CCCCCCCC(=O)OCC=CC(F)(F)CCCCC)CCCCCN(C)C. The summed E-state index contributed by atoms with van der Waals surface area (Å²) in [6.45, 7) is 8.09. The van der Waals surface area contributed by atoms with Crippen LogP contribution < -0.4 is 0 Å². The van der Waals surface area contributed by atoms with E-state index in [-0.39, 0.29) is 38.0 Å². The van der Waals surface area contributed by atoms with Crippen molar-refractivity contribution < 1.29 is 36.6 Å². The van der Waals surface area contributed by atoms with Gasteiger partial charge in [-0.15, -0.1) is 0 Å². The number of allylic oxidation sites excluding steroid dienone is 2. The number of hydrogen-bond donors (Lipinski definition) is 0. The Labute approximate surface area is 309 Å². The van der Waals surface area contributed by atoms with Crippen molar-refractivity contribution in [1.82, 2.24) is 9.80 Å². The highest BCUT2D eigenvalue weighted by Crippen LogP contribution is 2.24. The van der Waals surface area contributed by atoms with Gasteiger partial charge in [0.15, 0.2) is 0 Å². The predicted molar refractivity (Wildman–Crippen MR) is 203 cm³/mol.